The molecule has 1 aromatic heterocycles. The third-order valence-electron chi connectivity index (χ3n) is 1.97. The number of nitrogens with zero attached hydrogens (tertiary/aromatic N) is 1. The highest BCUT2D eigenvalue weighted by Gasteiger charge is 2.00. The van der Waals surface area contributed by atoms with E-state index in [9.17, 15) is 5.11 Å². The number of aryl methyl sites for hydroxylation is 1. The molecule has 66 valence electrons. The third-order valence-corrected chi connectivity index (χ3v) is 1.97. The van der Waals surface area contributed by atoms with Crippen LogP contribution in [-0.4, -0.2) is 27.5 Å². The van der Waals surface area contributed by atoms with Crippen LogP contribution in [0, 0.1) is 6.92 Å². The van der Waals surface area contributed by atoms with Crippen LogP contribution in [0.1, 0.15) is 5.56 Å². The van der Waals surface area contributed by atoms with Gasteiger partial charge in [-0.1, -0.05) is 12.1 Å². The number of benzene rings is 1. The Hall–Kier alpha value is -1.04. The van der Waals surface area contributed by atoms with Gasteiger partial charge in [-0.3, -0.25) is 4.98 Å². The SMILES string of the molecule is Cc1ccnc2c(O)cccc12.[AlH3]. The Morgan fingerprint density at radius 2 is 2.00 bits per heavy atom. The summed E-state index contributed by atoms with van der Waals surface area (Å²) in [7, 11) is 0. The molecule has 13 heavy (non-hydrogen) atoms. The molecule has 0 spiro atoms. The lowest BCUT2D eigenvalue weighted by atomic mass is 10.1. The number of fused-ring (bicyclic) bond motifs is 1. The zero-order valence-electron chi connectivity index (χ0n) is 6.78. The van der Waals surface area contributed by atoms with E-state index in [-0.39, 0.29) is 23.1 Å². The Kier molecular flexibility index (Phi) is 2.92. The number of para-hydroxylation sites is 1. The van der Waals surface area contributed by atoms with E-state index in [1.807, 2.05) is 25.1 Å². The smallest absolute Gasteiger partial charge is 0.187 e. The molecule has 0 saturated carbocycles. The Balaban J connectivity index is 0.000000845. The fraction of sp³-hybridized carbons (Fsp3) is 0.100. The van der Waals surface area contributed by atoms with E-state index >= 15 is 0 Å². The summed E-state index contributed by atoms with van der Waals surface area (Å²) in [5, 5.41) is 10.4. The molecule has 0 radical (unpaired) electrons. The molecule has 3 heteroatoms. The van der Waals surface area contributed by atoms with Crippen molar-refractivity contribution in [1.29, 1.82) is 0 Å². The van der Waals surface area contributed by atoms with Gasteiger partial charge in [-0.25, -0.2) is 0 Å². The number of aromatic hydroxyl groups is 1. The standard InChI is InChI=1S/C10H9NO.Al.3H/c1-7-5-6-11-10-8(7)3-2-4-9(10)12;;;;/h2-6,12H,1H3;;;;. The average molecular weight is 189 g/mol. The molecule has 0 atom stereocenters. The van der Waals surface area contributed by atoms with Crippen LogP contribution >= 0.6 is 0 Å². The molecule has 0 saturated heterocycles. The zero-order chi connectivity index (χ0) is 8.55. The lowest BCUT2D eigenvalue weighted by molar-refractivity contribution is 0.480. The van der Waals surface area contributed by atoms with E-state index in [2.05, 4.69) is 4.98 Å². The normalized spacial score (nSPS) is 9.62. The molecule has 0 amide bonds. The summed E-state index contributed by atoms with van der Waals surface area (Å²) in [6, 6.07) is 7.36. The average Bonchev–Trinajstić information content (AvgIpc) is 2.07. The molecule has 0 unspecified atom stereocenters. The lowest BCUT2D eigenvalue weighted by Gasteiger charge is -2.01. The first-order valence-electron chi connectivity index (χ1n) is 3.82. The second kappa shape index (κ2) is 3.78. The number of hydrogen-bond donors (Lipinski definition) is 1. The van der Waals surface area contributed by atoms with Crippen LogP contribution in [0.2, 0.25) is 0 Å². The Labute approximate surface area is 87.4 Å². The number of hydrogen-bond acceptors (Lipinski definition) is 2. The zero-order valence-corrected chi connectivity index (χ0v) is 6.78. The molecule has 2 aromatic rings. The largest absolute Gasteiger partial charge is 0.506 e. The summed E-state index contributed by atoms with van der Waals surface area (Å²) in [4.78, 5) is 4.09. The minimum Gasteiger partial charge on any atom is -0.506 e. The van der Waals surface area contributed by atoms with E-state index in [0.717, 1.165) is 10.9 Å². The summed E-state index contributed by atoms with van der Waals surface area (Å²) >= 11 is 0. The van der Waals surface area contributed by atoms with Crippen LogP contribution in [-0.2, 0) is 0 Å². The number of phenols is 1. The number of rotatable bonds is 0. The van der Waals surface area contributed by atoms with Crippen molar-refractivity contribution in [1.82, 2.24) is 4.98 Å². The van der Waals surface area contributed by atoms with Gasteiger partial charge < -0.3 is 5.11 Å². The second-order valence-corrected chi connectivity index (χ2v) is 2.80. The van der Waals surface area contributed by atoms with Gasteiger partial charge in [-0.2, -0.15) is 0 Å². The minimum absolute atomic E-state index is 0. The van der Waals surface area contributed by atoms with Crippen molar-refractivity contribution in [3.05, 3.63) is 36.0 Å². The van der Waals surface area contributed by atoms with Gasteiger partial charge >= 0.3 is 0 Å². The first-order chi connectivity index (χ1) is 5.79. The van der Waals surface area contributed by atoms with Crippen LogP contribution in [0.25, 0.3) is 10.9 Å². The third kappa shape index (κ3) is 1.67. The molecule has 0 bridgehead atoms. The molecule has 0 aliphatic carbocycles. The molecule has 2 nitrogen and oxygen atoms in total. The van der Waals surface area contributed by atoms with E-state index in [1.165, 1.54) is 0 Å². The van der Waals surface area contributed by atoms with E-state index in [1.54, 1.807) is 12.3 Å². The van der Waals surface area contributed by atoms with Gasteiger partial charge in [-0.15, -0.1) is 0 Å². The van der Waals surface area contributed by atoms with Crippen LogP contribution in [0.4, 0.5) is 0 Å². The fourth-order valence-electron chi connectivity index (χ4n) is 1.30. The highest BCUT2D eigenvalue weighted by Crippen LogP contribution is 2.23. The minimum atomic E-state index is 0. The van der Waals surface area contributed by atoms with Crippen molar-refractivity contribution in [2.24, 2.45) is 0 Å². The van der Waals surface area contributed by atoms with Crippen molar-refractivity contribution in [3.8, 4) is 5.75 Å². The van der Waals surface area contributed by atoms with Crippen molar-refractivity contribution in [3.63, 3.8) is 0 Å². The molecule has 1 aromatic carbocycles. The molecule has 0 fully saturated rings. The molecule has 0 aliphatic rings. The number of pyridine rings is 1. The highest BCUT2D eigenvalue weighted by molar-refractivity contribution is 5.86. The summed E-state index contributed by atoms with van der Waals surface area (Å²) in [6.45, 7) is 2.00. The van der Waals surface area contributed by atoms with Crippen LogP contribution in [0.3, 0.4) is 0 Å². The molecule has 1 heterocycles. The first kappa shape index (κ1) is 10.0. The summed E-state index contributed by atoms with van der Waals surface area (Å²) in [5.41, 5.74) is 1.81. The summed E-state index contributed by atoms with van der Waals surface area (Å²) in [5.74, 6) is 0.246. The number of phenolic OH excluding ortho intramolecular Hbond substituents is 1. The monoisotopic (exact) mass is 189 g/mol. The summed E-state index contributed by atoms with van der Waals surface area (Å²) < 4.78 is 0. The second-order valence-electron chi connectivity index (χ2n) is 2.80. The van der Waals surface area contributed by atoms with Crippen molar-refractivity contribution < 1.29 is 5.11 Å². The Bertz CT molecular complexity index is 387. The number of aromatic nitrogens is 1. The van der Waals surface area contributed by atoms with Gasteiger partial charge in [0.15, 0.2) is 17.4 Å². The predicted molar refractivity (Wildman–Crippen MR) is 58.1 cm³/mol. The van der Waals surface area contributed by atoms with Gasteiger partial charge in [0.1, 0.15) is 11.3 Å². The highest BCUT2D eigenvalue weighted by atomic mass is 27.0. The van der Waals surface area contributed by atoms with Gasteiger partial charge in [0.25, 0.3) is 0 Å². The van der Waals surface area contributed by atoms with Crippen LogP contribution in [0.15, 0.2) is 30.5 Å². The van der Waals surface area contributed by atoms with Crippen molar-refractivity contribution >= 4 is 28.3 Å². The van der Waals surface area contributed by atoms with Gasteiger partial charge in [0, 0.05) is 11.6 Å². The maximum absolute atomic E-state index is 9.43. The topological polar surface area (TPSA) is 33.1 Å². The molecular formula is C10H12AlNO. The van der Waals surface area contributed by atoms with Gasteiger partial charge in [-0.05, 0) is 24.6 Å². The Morgan fingerprint density at radius 1 is 1.23 bits per heavy atom. The summed E-state index contributed by atoms with van der Waals surface area (Å²) in [6.07, 6.45) is 1.71. The molecular weight excluding hydrogens is 177 g/mol. The quantitative estimate of drug-likeness (QED) is 0.629. The predicted octanol–water partition coefficient (Wildman–Crippen LogP) is 1.06. The first-order valence-corrected chi connectivity index (χ1v) is 3.82. The lowest BCUT2D eigenvalue weighted by Crippen LogP contribution is -1.81. The van der Waals surface area contributed by atoms with E-state index < -0.39 is 0 Å². The van der Waals surface area contributed by atoms with E-state index in [0.29, 0.717) is 5.52 Å². The van der Waals surface area contributed by atoms with Crippen LogP contribution < -0.4 is 0 Å². The maximum Gasteiger partial charge on any atom is 0.187 e. The van der Waals surface area contributed by atoms with E-state index in [4.69, 9.17) is 0 Å². The van der Waals surface area contributed by atoms with Gasteiger partial charge in [0.05, 0.1) is 0 Å². The van der Waals surface area contributed by atoms with Crippen molar-refractivity contribution in [2.45, 2.75) is 6.92 Å². The molecule has 1 N–H and O–H groups in total. The maximum atomic E-state index is 9.43. The van der Waals surface area contributed by atoms with Crippen molar-refractivity contribution in [2.75, 3.05) is 0 Å². The Morgan fingerprint density at radius 3 is 2.69 bits per heavy atom. The molecule has 0 aliphatic heterocycles. The van der Waals surface area contributed by atoms with Crippen LogP contribution in [0.5, 0.6) is 5.75 Å². The van der Waals surface area contributed by atoms with Gasteiger partial charge in [0.2, 0.25) is 0 Å². The fourth-order valence-corrected chi connectivity index (χ4v) is 1.30. The molecule has 2 rings (SSSR count).